The lowest BCUT2D eigenvalue weighted by Gasteiger charge is -2.12. The molecule has 0 unspecified atom stereocenters. The Morgan fingerprint density at radius 2 is 1.76 bits per heavy atom. The van der Waals surface area contributed by atoms with E-state index in [1.54, 1.807) is 30.3 Å². The molecule has 0 bridgehead atoms. The Balaban J connectivity index is 1.80. The lowest BCUT2D eigenvalue weighted by atomic mass is 10.2. The van der Waals surface area contributed by atoms with Gasteiger partial charge >= 0.3 is 0 Å². The molecule has 1 aliphatic heterocycles. The van der Waals surface area contributed by atoms with Gasteiger partial charge in [-0.2, -0.15) is 0 Å². The van der Waals surface area contributed by atoms with E-state index in [9.17, 15) is 9.59 Å². The van der Waals surface area contributed by atoms with Gasteiger partial charge in [-0.3, -0.25) is 14.5 Å². The number of thioether (sulfide) groups is 1. The van der Waals surface area contributed by atoms with Crippen LogP contribution in [0.25, 0.3) is 6.08 Å². The van der Waals surface area contributed by atoms with Crippen molar-refractivity contribution < 1.29 is 14.3 Å². The predicted molar refractivity (Wildman–Crippen MR) is 119 cm³/mol. The minimum absolute atomic E-state index is 0.0798. The summed E-state index contributed by atoms with van der Waals surface area (Å²) in [6.07, 6.45) is 6.71. The third kappa shape index (κ3) is 5.03. The number of imide groups is 1. The zero-order chi connectivity index (χ0) is 21.1. The molecule has 0 atom stereocenters. The fourth-order valence-corrected chi connectivity index (χ4v) is 4.38. The number of amides is 2. The van der Waals surface area contributed by atoms with Crippen molar-refractivity contribution in [2.45, 2.75) is 6.61 Å². The molecule has 3 rings (SSSR count). The van der Waals surface area contributed by atoms with Crippen LogP contribution >= 0.6 is 58.2 Å². The van der Waals surface area contributed by atoms with Gasteiger partial charge in [0, 0.05) is 15.6 Å². The summed E-state index contributed by atoms with van der Waals surface area (Å²) >= 11 is 25.4. The molecular formula is C20H11Cl4NO3S. The number of carbonyl (C=O) groups is 2. The molecule has 0 aromatic heterocycles. The Morgan fingerprint density at radius 3 is 2.38 bits per heavy atom. The second-order valence-corrected chi connectivity index (χ2v) is 8.46. The number of nitrogens with zero attached hydrogens (tertiary/aromatic N) is 1. The van der Waals surface area contributed by atoms with Crippen molar-refractivity contribution in [2.24, 2.45) is 0 Å². The summed E-state index contributed by atoms with van der Waals surface area (Å²) in [6, 6.07) is 8.23. The number of hydrogen-bond donors (Lipinski definition) is 0. The number of benzene rings is 2. The molecule has 9 heteroatoms. The third-order valence-electron chi connectivity index (χ3n) is 3.83. The van der Waals surface area contributed by atoms with Gasteiger partial charge in [0.2, 0.25) is 0 Å². The minimum Gasteiger partial charge on any atom is -0.486 e. The van der Waals surface area contributed by atoms with Crippen LogP contribution in [0.2, 0.25) is 20.1 Å². The van der Waals surface area contributed by atoms with E-state index in [-0.39, 0.29) is 33.9 Å². The molecule has 0 radical (unpaired) electrons. The van der Waals surface area contributed by atoms with E-state index < -0.39 is 11.1 Å². The molecule has 29 heavy (non-hydrogen) atoms. The first-order valence-corrected chi connectivity index (χ1v) is 10.4. The van der Waals surface area contributed by atoms with Crippen LogP contribution in [0.15, 0.2) is 35.2 Å². The summed E-state index contributed by atoms with van der Waals surface area (Å²) in [5.41, 5.74) is 1.26. The van der Waals surface area contributed by atoms with Crippen LogP contribution in [0.3, 0.4) is 0 Å². The highest BCUT2D eigenvalue weighted by Crippen LogP contribution is 2.38. The minimum atomic E-state index is -0.456. The standard InChI is InChI=1S/C20H11Cl4NO3S/c1-2-5-25-19(26)17(29-20(25)27)8-11-6-15(23)18(16(24)7-11)28-10-12-3-4-13(21)9-14(12)22/h1,3-4,6-9H,5,10H2/b17-8+. The number of hydrogen-bond acceptors (Lipinski definition) is 4. The Morgan fingerprint density at radius 1 is 1.07 bits per heavy atom. The smallest absolute Gasteiger partial charge is 0.294 e. The summed E-state index contributed by atoms with van der Waals surface area (Å²) in [6.45, 7) is 0.0589. The van der Waals surface area contributed by atoms with Crippen molar-refractivity contribution >= 4 is 75.4 Å². The SMILES string of the molecule is C#CCN1C(=O)S/C(=C/c2cc(Cl)c(OCc3ccc(Cl)cc3Cl)c(Cl)c2)C1=O. The first-order valence-electron chi connectivity index (χ1n) is 8.04. The largest absolute Gasteiger partial charge is 0.486 e. The molecule has 1 heterocycles. The van der Waals surface area contributed by atoms with E-state index in [1.807, 2.05) is 0 Å². The highest BCUT2D eigenvalue weighted by atomic mass is 35.5. The second kappa shape index (κ2) is 9.34. The second-order valence-electron chi connectivity index (χ2n) is 5.81. The molecule has 1 fully saturated rings. The van der Waals surface area contributed by atoms with Gasteiger partial charge in [-0.15, -0.1) is 6.42 Å². The topological polar surface area (TPSA) is 46.6 Å². The van der Waals surface area contributed by atoms with E-state index in [0.717, 1.165) is 22.2 Å². The van der Waals surface area contributed by atoms with Crippen LogP contribution in [0.1, 0.15) is 11.1 Å². The van der Waals surface area contributed by atoms with Gasteiger partial charge in [0.05, 0.1) is 21.5 Å². The number of halogens is 4. The molecule has 0 saturated carbocycles. The lowest BCUT2D eigenvalue weighted by molar-refractivity contribution is -0.122. The maximum atomic E-state index is 12.3. The van der Waals surface area contributed by atoms with Crippen molar-refractivity contribution in [2.75, 3.05) is 6.54 Å². The predicted octanol–water partition coefficient (Wildman–Crippen LogP) is 6.55. The fraction of sp³-hybridized carbons (Fsp3) is 0.100. The van der Waals surface area contributed by atoms with Gasteiger partial charge in [-0.05, 0) is 47.7 Å². The van der Waals surface area contributed by atoms with Gasteiger partial charge in [0.15, 0.2) is 5.75 Å². The summed E-state index contributed by atoms with van der Waals surface area (Å²) < 4.78 is 5.72. The normalized spacial score (nSPS) is 15.1. The lowest BCUT2D eigenvalue weighted by Crippen LogP contribution is -2.28. The average Bonchev–Trinajstić information content (AvgIpc) is 2.90. The van der Waals surface area contributed by atoms with E-state index in [4.69, 9.17) is 57.6 Å². The maximum Gasteiger partial charge on any atom is 0.294 e. The van der Waals surface area contributed by atoms with Crippen LogP contribution < -0.4 is 4.74 Å². The van der Waals surface area contributed by atoms with Crippen LogP contribution in [0.5, 0.6) is 5.75 Å². The van der Waals surface area contributed by atoms with E-state index in [2.05, 4.69) is 5.92 Å². The summed E-state index contributed by atoms with van der Waals surface area (Å²) in [7, 11) is 0. The molecule has 2 aromatic carbocycles. The quantitative estimate of drug-likeness (QED) is 0.355. The Labute approximate surface area is 191 Å². The van der Waals surface area contributed by atoms with E-state index >= 15 is 0 Å². The Bertz CT molecular complexity index is 1050. The zero-order valence-electron chi connectivity index (χ0n) is 14.5. The van der Waals surface area contributed by atoms with Crippen molar-refractivity contribution in [3.8, 4) is 18.1 Å². The molecule has 0 N–H and O–H groups in total. The highest BCUT2D eigenvalue weighted by molar-refractivity contribution is 8.18. The zero-order valence-corrected chi connectivity index (χ0v) is 18.4. The summed E-state index contributed by atoms with van der Waals surface area (Å²) in [5, 5.41) is 1.06. The molecule has 0 spiro atoms. The van der Waals surface area contributed by atoms with Crippen molar-refractivity contribution in [3.63, 3.8) is 0 Å². The first-order chi connectivity index (χ1) is 13.8. The molecule has 2 aromatic rings. The molecule has 4 nitrogen and oxygen atoms in total. The number of carbonyl (C=O) groups excluding carboxylic acids is 2. The molecule has 2 amide bonds. The Kier molecular flexibility index (Phi) is 7.05. The van der Waals surface area contributed by atoms with Crippen LogP contribution in [0, 0.1) is 12.3 Å². The first kappa shape index (κ1) is 21.9. The van der Waals surface area contributed by atoms with Gasteiger partial charge in [0.25, 0.3) is 11.1 Å². The maximum absolute atomic E-state index is 12.3. The van der Waals surface area contributed by atoms with Crippen LogP contribution in [0.4, 0.5) is 4.79 Å². The van der Waals surface area contributed by atoms with Crippen LogP contribution in [-0.4, -0.2) is 22.6 Å². The molecule has 1 saturated heterocycles. The molecule has 148 valence electrons. The van der Waals surface area contributed by atoms with E-state index in [1.165, 1.54) is 6.08 Å². The Hall–Kier alpha value is -1.81. The van der Waals surface area contributed by atoms with E-state index in [0.29, 0.717) is 15.6 Å². The fourth-order valence-electron chi connectivity index (χ4n) is 2.47. The van der Waals surface area contributed by atoms with Crippen molar-refractivity contribution in [1.82, 2.24) is 4.90 Å². The molecule has 1 aliphatic rings. The molecule has 0 aliphatic carbocycles. The number of terminal acetylenes is 1. The monoisotopic (exact) mass is 485 g/mol. The third-order valence-corrected chi connectivity index (χ3v) is 5.88. The van der Waals surface area contributed by atoms with Crippen LogP contribution in [-0.2, 0) is 11.4 Å². The van der Waals surface area contributed by atoms with Gasteiger partial charge in [0.1, 0.15) is 6.61 Å². The number of ether oxygens (including phenoxy) is 1. The van der Waals surface area contributed by atoms with Gasteiger partial charge < -0.3 is 4.74 Å². The van der Waals surface area contributed by atoms with Gasteiger partial charge in [-0.25, -0.2) is 0 Å². The number of rotatable bonds is 5. The summed E-state index contributed by atoms with van der Waals surface area (Å²) in [4.78, 5) is 25.4. The average molecular weight is 487 g/mol. The molecular weight excluding hydrogens is 476 g/mol. The van der Waals surface area contributed by atoms with Crippen molar-refractivity contribution in [3.05, 3.63) is 66.5 Å². The summed E-state index contributed by atoms with van der Waals surface area (Å²) in [5.74, 6) is 2.10. The highest BCUT2D eigenvalue weighted by Gasteiger charge is 2.34. The van der Waals surface area contributed by atoms with Crippen molar-refractivity contribution in [1.29, 1.82) is 0 Å². The van der Waals surface area contributed by atoms with Gasteiger partial charge in [-0.1, -0.05) is 58.4 Å².